The molecule has 0 fully saturated rings. The maximum atomic E-state index is 5.51. The van der Waals surface area contributed by atoms with Gasteiger partial charge in [0.05, 0.1) is 6.16 Å². The summed E-state index contributed by atoms with van der Waals surface area (Å²) in [4.78, 5) is 0. The molecule has 0 aliphatic carbocycles. The molecule has 0 aliphatic heterocycles. The van der Waals surface area contributed by atoms with Gasteiger partial charge < -0.3 is 0 Å². The van der Waals surface area contributed by atoms with Crippen LogP contribution in [0.3, 0.4) is 0 Å². The molecule has 0 aromatic rings. The lowest BCUT2D eigenvalue weighted by Gasteiger charge is -1.89. The Morgan fingerprint density at radius 3 is 1.83 bits per heavy atom. The maximum absolute atomic E-state index is 5.51. The molecule has 0 spiro atoms. The molecule has 0 radical (unpaired) electrons. The highest BCUT2D eigenvalue weighted by molar-refractivity contribution is 9.47. The summed E-state index contributed by atoms with van der Waals surface area (Å²) in [7, 11) is 0. The van der Waals surface area contributed by atoms with E-state index in [9.17, 15) is 0 Å². The van der Waals surface area contributed by atoms with Crippen LogP contribution in [0.15, 0.2) is 0 Å². The van der Waals surface area contributed by atoms with Gasteiger partial charge in [0, 0.05) is 0 Å². The second-order valence-electron chi connectivity index (χ2n) is 0.866. The predicted octanol–water partition coefficient (Wildman–Crippen LogP) is 3.64. The molecule has 0 atom stereocenters. The number of hydrogen-bond acceptors (Lipinski definition) is 0. The SMILES string of the molecule is CC[P+](Cl)(Cl)Br. The van der Waals surface area contributed by atoms with Gasteiger partial charge in [-0.2, -0.15) is 0 Å². The molecule has 6 heavy (non-hydrogen) atoms. The van der Waals surface area contributed by atoms with Gasteiger partial charge in [0.15, 0.2) is 15.5 Å². The highest BCUT2D eigenvalue weighted by Gasteiger charge is 2.27. The van der Waals surface area contributed by atoms with E-state index in [1.54, 1.807) is 0 Å². The average molecular weight is 211 g/mol. The van der Waals surface area contributed by atoms with Crippen LogP contribution in [0.5, 0.6) is 0 Å². The number of halogens is 3. The summed E-state index contributed by atoms with van der Waals surface area (Å²) in [5.41, 5.74) is 0. The van der Waals surface area contributed by atoms with Crippen molar-refractivity contribution in [3.8, 4) is 0 Å². The molecule has 0 bridgehead atoms. The summed E-state index contributed by atoms with van der Waals surface area (Å²) in [6.07, 6.45) is 0.829. The third-order valence-corrected chi connectivity index (χ3v) is 4.01. The molecule has 0 rings (SSSR count). The van der Waals surface area contributed by atoms with Crippen LogP contribution >= 0.6 is 42.6 Å². The minimum atomic E-state index is -1.64. The lowest BCUT2D eigenvalue weighted by molar-refractivity contribution is 1.52. The minimum absolute atomic E-state index is 0.829. The molecule has 0 N–H and O–H groups in total. The van der Waals surface area contributed by atoms with E-state index < -0.39 is 4.67 Å². The van der Waals surface area contributed by atoms with E-state index in [4.69, 9.17) is 22.5 Å². The second-order valence-corrected chi connectivity index (χ2v) is 12.7. The van der Waals surface area contributed by atoms with Crippen molar-refractivity contribution in [1.82, 2.24) is 0 Å². The van der Waals surface area contributed by atoms with Crippen LogP contribution in [-0.2, 0) is 0 Å². The normalized spacial score (nSPS) is 12.0. The molecule has 0 heterocycles. The van der Waals surface area contributed by atoms with Crippen molar-refractivity contribution in [2.24, 2.45) is 0 Å². The van der Waals surface area contributed by atoms with Crippen LogP contribution in [-0.4, -0.2) is 6.16 Å². The Kier molecular flexibility index (Phi) is 3.39. The molecule has 0 saturated carbocycles. The van der Waals surface area contributed by atoms with Gasteiger partial charge >= 0.3 is 0 Å². The Morgan fingerprint density at radius 1 is 1.67 bits per heavy atom. The zero-order chi connectivity index (χ0) is 5.21. The molecule has 0 aromatic carbocycles. The first kappa shape index (κ1) is 7.49. The Morgan fingerprint density at radius 2 is 1.83 bits per heavy atom. The Bertz CT molecular complexity index is 41.3. The second kappa shape index (κ2) is 2.71. The average Bonchev–Trinajstić information content (AvgIpc) is 1.35. The molecule has 38 valence electrons. The topological polar surface area (TPSA) is 0 Å². The van der Waals surface area contributed by atoms with Crippen LogP contribution in [0.1, 0.15) is 6.92 Å². The van der Waals surface area contributed by atoms with Gasteiger partial charge in [0.2, 0.25) is 0 Å². The summed E-state index contributed by atoms with van der Waals surface area (Å²) in [5, 5.41) is 0. The predicted molar refractivity (Wildman–Crippen MR) is 38.1 cm³/mol. The van der Waals surface area contributed by atoms with Gasteiger partial charge in [-0.05, 0) is 6.92 Å². The molecule has 0 unspecified atom stereocenters. The standard InChI is InChI=1S/C2H5BrCl2P/c1-2-6(3,4)5/h2H2,1H3/q+1. The summed E-state index contributed by atoms with van der Waals surface area (Å²) in [6.45, 7) is 1.95. The van der Waals surface area contributed by atoms with E-state index in [1.165, 1.54) is 0 Å². The third kappa shape index (κ3) is 5.49. The fourth-order valence-electron chi connectivity index (χ4n) is 0. The summed E-state index contributed by atoms with van der Waals surface area (Å²) < 4.78 is -1.64. The highest BCUT2D eigenvalue weighted by atomic mass is 79.9. The zero-order valence-corrected chi connectivity index (χ0v) is 7.28. The van der Waals surface area contributed by atoms with E-state index >= 15 is 0 Å². The first-order chi connectivity index (χ1) is 2.56. The van der Waals surface area contributed by atoms with Crippen molar-refractivity contribution in [2.45, 2.75) is 6.92 Å². The highest BCUT2D eigenvalue weighted by Crippen LogP contribution is 2.75. The fraction of sp³-hybridized carbons (Fsp3) is 1.00. The first-order valence-corrected chi connectivity index (χ1v) is 7.33. The van der Waals surface area contributed by atoms with Crippen molar-refractivity contribution in [1.29, 1.82) is 0 Å². The van der Waals surface area contributed by atoms with Gasteiger partial charge in [0.1, 0.15) is 22.5 Å². The fourth-order valence-corrected chi connectivity index (χ4v) is 0. The Balaban J connectivity index is 3.17. The summed E-state index contributed by atoms with van der Waals surface area (Å²) in [6, 6.07) is 0. The van der Waals surface area contributed by atoms with Crippen LogP contribution in [0, 0.1) is 0 Å². The van der Waals surface area contributed by atoms with E-state index in [-0.39, 0.29) is 0 Å². The maximum Gasteiger partial charge on any atom is 0.278 e. The molecular formula is C2H5BrCl2P+. The van der Waals surface area contributed by atoms with Crippen molar-refractivity contribution in [3.05, 3.63) is 0 Å². The van der Waals surface area contributed by atoms with Gasteiger partial charge in [-0.25, -0.2) is 0 Å². The molecule has 0 aromatic heterocycles. The summed E-state index contributed by atoms with van der Waals surface area (Å²) in [5.74, 6) is 0. The largest absolute Gasteiger partial charge is 0.278 e. The number of hydrogen-bond donors (Lipinski definition) is 0. The lowest BCUT2D eigenvalue weighted by atomic mass is 11.0. The van der Waals surface area contributed by atoms with E-state index in [0.29, 0.717) is 0 Å². The van der Waals surface area contributed by atoms with E-state index in [0.717, 1.165) is 6.16 Å². The van der Waals surface area contributed by atoms with Crippen LogP contribution in [0.4, 0.5) is 0 Å². The van der Waals surface area contributed by atoms with Crippen molar-refractivity contribution in [3.63, 3.8) is 0 Å². The van der Waals surface area contributed by atoms with Crippen LogP contribution in [0.2, 0.25) is 0 Å². The molecule has 0 aliphatic rings. The minimum Gasteiger partial charge on any atom is -0.0274 e. The Hall–Kier alpha value is 1.49. The molecular weight excluding hydrogens is 206 g/mol. The van der Waals surface area contributed by atoms with Crippen LogP contribution in [0.25, 0.3) is 0 Å². The summed E-state index contributed by atoms with van der Waals surface area (Å²) >= 11 is 14.1. The molecule has 4 heteroatoms. The van der Waals surface area contributed by atoms with Gasteiger partial charge in [0.25, 0.3) is 4.67 Å². The van der Waals surface area contributed by atoms with Gasteiger partial charge in [-0.15, -0.1) is 0 Å². The first-order valence-electron chi connectivity index (χ1n) is 1.53. The molecule has 0 saturated heterocycles. The quantitative estimate of drug-likeness (QED) is 0.580. The smallest absolute Gasteiger partial charge is 0.0274 e. The molecule has 0 amide bonds. The lowest BCUT2D eigenvalue weighted by Crippen LogP contribution is -1.61. The van der Waals surface area contributed by atoms with Crippen LogP contribution < -0.4 is 0 Å². The zero-order valence-electron chi connectivity index (χ0n) is 3.29. The Labute approximate surface area is 55.9 Å². The number of rotatable bonds is 1. The van der Waals surface area contributed by atoms with E-state index in [2.05, 4.69) is 15.5 Å². The van der Waals surface area contributed by atoms with Crippen molar-refractivity contribution in [2.75, 3.05) is 6.16 Å². The molecule has 0 nitrogen and oxygen atoms in total. The van der Waals surface area contributed by atoms with Gasteiger partial charge in [-0.1, -0.05) is 0 Å². The van der Waals surface area contributed by atoms with E-state index in [1.807, 2.05) is 6.92 Å². The van der Waals surface area contributed by atoms with Crippen molar-refractivity contribution >= 4 is 42.6 Å². The monoisotopic (exact) mass is 209 g/mol. The third-order valence-electron chi connectivity index (χ3n) is 0.359. The van der Waals surface area contributed by atoms with Crippen molar-refractivity contribution < 1.29 is 0 Å². The van der Waals surface area contributed by atoms with Gasteiger partial charge in [-0.3, -0.25) is 0 Å².